The van der Waals surface area contributed by atoms with Crippen LogP contribution in [0.15, 0.2) is 139 Å². The number of hydrogen-bond donors (Lipinski definition) is 0. The van der Waals surface area contributed by atoms with Crippen molar-refractivity contribution in [3.8, 4) is 33.4 Å². The summed E-state index contributed by atoms with van der Waals surface area (Å²) in [6.07, 6.45) is 16.7. The van der Waals surface area contributed by atoms with Gasteiger partial charge in [-0.2, -0.15) is 0 Å². The predicted octanol–water partition coefficient (Wildman–Crippen LogP) is 12.4. The van der Waals surface area contributed by atoms with Crippen molar-refractivity contribution in [2.75, 3.05) is 0 Å². The molecule has 0 amide bonds. The third-order valence-electron chi connectivity index (χ3n) is 12.4. The van der Waals surface area contributed by atoms with E-state index < -0.39 is 0 Å². The summed E-state index contributed by atoms with van der Waals surface area (Å²) in [5.41, 5.74) is 22.2. The average molecular weight is 625 g/mol. The average Bonchev–Trinajstić information content (AvgIpc) is 3.67. The van der Waals surface area contributed by atoms with Crippen LogP contribution in [0.25, 0.3) is 61.9 Å². The minimum absolute atomic E-state index is 0.00729. The fraction of sp³-hybridized carbons (Fsp3) is 0.143. The normalized spacial score (nSPS) is 19.7. The van der Waals surface area contributed by atoms with Gasteiger partial charge in [-0.1, -0.05) is 153 Å². The lowest BCUT2D eigenvalue weighted by atomic mass is 9.64. The molecule has 0 N–H and O–H groups in total. The molecule has 0 spiro atoms. The number of fused-ring (bicyclic) bond motifs is 3. The summed E-state index contributed by atoms with van der Waals surface area (Å²) in [5, 5.41) is 2.87. The Balaban J connectivity index is 0.973. The summed E-state index contributed by atoms with van der Waals surface area (Å²) in [4.78, 5) is 0. The van der Waals surface area contributed by atoms with Gasteiger partial charge in [0.2, 0.25) is 0 Å². The Bertz CT molecular complexity index is 2550. The summed E-state index contributed by atoms with van der Waals surface area (Å²) < 4.78 is 0. The van der Waals surface area contributed by atoms with Crippen molar-refractivity contribution in [3.05, 3.63) is 184 Å². The SMILES string of the molecule is CC1(C)c2ccccc2-c2ccc(C3=CC=C4C=Cc5c(-c6ccc(-c7ccc8c9c(cccc79)CC8)cc6)ccc6c5C4C3C=C6)cc21. The van der Waals surface area contributed by atoms with Gasteiger partial charge in [-0.25, -0.2) is 0 Å². The maximum Gasteiger partial charge on any atom is 0.0205 e. The largest absolute Gasteiger partial charge is 0.0754 e. The Morgan fingerprint density at radius 1 is 0.571 bits per heavy atom. The zero-order chi connectivity index (χ0) is 32.4. The van der Waals surface area contributed by atoms with Crippen LogP contribution < -0.4 is 0 Å². The van der Waals surface area contributed by atoms with E-state index in [1.807, 2.05) is 0 Å². The highest BCUT2D eigenvalue weighted by Crippen LogP contribution is 2.55. The van der Waals surface area contributed by atoms with E-state index in [-0.39, 0.29) is 5.41 Å². The summed E-state index contributed by atoms with van der Waals surface area (Å²) in [6.45, 7) is 4.76. The van der Waals surface area contributed by atoms with Crippen LogP contribution in [0.3, 0.4) is 0 Å². The highest BCUT2D eigenvalue weighted by molar-refractivity contribution is 6.01. The van der Waals surface area contributed by atoms with E-state index in [4.69, 9.17) is 0 Å². The maximum atomic E-state index is 2.49. The second-order valence-corrected chi connectivity index (χ2v) is 15.1. The van der Waals surface area contributed by atoms with Gasteiger partial charge in [0.05, 0.1) is 0 Å². The van der Waals surface area contributed by atoms with Crippen molar-refractivity contribution in [2.45, 2.75) is 38.0 Å². The smallest absolute Gasteiger partial charge is 0.0205 e. The van der Waals surface area contributed by atoms with E-state index in [1.165, 1.54) is 99.8 Å². The van der Waals surface area contributed by atoms with Crippen LogP contribution in [-0.4, -0.2) is 0 Å². The third kappa shape index (κ3) is 3.75. The number of allylic oxidation sites excluding steroid dienone is 6. The van der Waals surface area contributed by atoms with E-state index >= 15 is 0 Å². The van der Waals surface area contributed by atoms with Crippen LogP contribution in [0, 0.1) is 5.92 Å². The highest BCUT2D eigenvalue weighted by Gasteiger charge is 2.39. The Morgan fingerprint density at radius 2 is 1.31 bits per heavy atom. The Morgan fingerprint density at radius 3 is 2.18 bits per heavy atom. The summed E-state index contributed by atoms with van der Waals surface area (Å²) >= 11 is 0. The van der Waals surface area contributed by atoms with Crippen molar-refractivity contribution in [3.63, 3.8) is 0 Å². The second-order valence-electron chi connectivity index (χ2n) is 15.1. The molecule has 5 aliphatic rings. The number of rotatable bonds is 3. The van der Waals surface area contributed by atoms with Crippen LogP contribution in [0.2, 0.25) is 0 Å². The van der Waals surface area contributed by atoms with E-state index in [2.05, 4.69) is 159 Å². The number of benzene rings is 6. The lowest BCUT2D eigenvalue weighted by Gasteiger charge is -2.39. The molecule has 0 heteroatoms. The van der Waals surface area contributed by atoms with Crippen molar-refractivity contribution in [1.82, 2.24) is 0 Å². The van der Waals surface area contributed by atoms with E-state index in [0.717, 1.165) is 12.8 Å². The van der Waals surface area contributed by atoms with Gasteiger partial charge in [0.25, 0.3) is 0 Å². The zero-order valence-electron chi connectivity index (χ0n) is 27.9. The first kappa shape index (κ1) is 27.5. The zero-order valence-corrected chi connectivity index (χ0v) is 27.9. The molecule has 6 aromatic carbocycles. The molecule has 0 fully saturated rings. The molecule has 2 unspecified atom stereocenters. The van der Waals surface area contributed by atoms with Gasteiger partial charge in [0.15, 0.2) is 0 Å². The first-order valence-electron chi connectivity index (χ1n) is 17.9. The van der Waals surface area contributed by atoms with Gasteiger partial charge >= 0.3 is 0 Å². The standard InChI is InChI=1S/C49H36/c1-49(2)44-9-4-3-7-39(44)40-25-21-35(28-45(40)49)38-24-18-34-19-26-42-37(23-17-33-20-27-43(38)48(34)47(33)42)30-12-10-29(11-13-30)36-22-16-32-15-14-31-6-5-8-41(36)46(31)32/h3-13,16-28,43,48H,14-15H2,1-2H3. The summed E-state index contributed by atoms with van der Waals surface area (Å²) in [5.74, 6) is 0.633. The van der Waals surface area contributed by atoms with Gasteiger partial charge in [-0.05, 0) is 119 Å². The van der Waals surface area contributed by atoms with Crippen molar-refractivity contribution < 1.29 is 0 Å². The van der Waals surface area contributed by atoms with Crippen molar-refractivity contribution in [2.24, 2.45) is 5.92 Å². The molecule has 2 atom stereocenters. The van der Waals surface area contributed by atoms with Crippen molar-refractivity contribution in [1.29, 1.82) is 0 Å². The summed E-state index contributed by atoms with van der Waals surface area (Å²) in [6, 6.07) is 41.7. The fourth-order valence-corrected chi connectivity index (χ4v) is 9.97. The van der Waals surface area contributed by atoms with Crippen molar-refractivity contribution >= 4 is 28.5 Å². The minimum atomic E-state index is -0.00729. The van der Waals surface area contributed by atoms with Gasteiger partial charge < -0.3 is 0 Å². The van der Waals surface area contributed by atoms with Crippen LogP contribution >= 0.6 is 0 Å². The molecule has 0 saturated heterocycles. The molecule has 0 aliphatic heterocycles. The highest BCUT2D eigenvalue weighted by atomic mass is 14.4. The third-order valence-corrected chi connectivity index (χ3v) is 12.4. The Kier molecular flexibility index (Phi) is 5.50. The Labute approximate surface area is 288 Å². The molecule has 0 bridgehead atoms. The number of hydrogen-bond acceptors (Lipinski definition) is 0. The molecule has 232 valence electrons. The lowest BCUT2D eigenvalue weighted by molar-refractivity contribution is 0.658. The second kappa shape index (κ2) is 9.80. The molecule has 5 aliphatic carbocycles. The van der Waals surface area contributed by atoms with E-state index in [0.29, 0.717) is 11.8 Å². The molecule has 0 saturated carbocycles. The van der Waals surface area contributed by atoms with E-state index in [9.17, 15) is 0 Å². The molecule has 49 heavy (non-hydrogen) atoms. The molecule has 11 rings (SSSR count). The molecular weight excluding hydrogens is 589 g/mol. The lowest BCUT2D eigenvalue weighted by Crippen LogP contribution is -2.24. The van der Waals surface area contributed by atoms with Crippen LogP contribution in [0.5, 0.6) is 0 Å². The van der Waals surface area contributed by atoms with Gasteiger partial charge in [0.1, 0.15) is 0 Å². The molecule has 0 heterocycles. The van der Waals surface area contributed by atoms with Gasteiger partial charge in [-0.3, -0.25) is 0 Å². The molecule has 0 nitrogen and oxygen atoms in total. The molecule has 6 aromatic rings. The van der Waals surface area contributed by atoms with Gasteiger partial charge in [0, 0.05) is 17.3 Å². The first-order chi connectivity index (χ1) is 24.0. The number of aryl methyl sites for hydroxylation is 2. The topological polar surface area (TPSA) is 0 Å². The van der Waals surface area contributed by atoms with Crippen LogP contribution in [-0.2, 0) is 18.3 Å². The quantitative estimate of drug-likeness (QED) is 0.184. The monoisotopic (exact) mass is 624 g/mol. The first-order valence-corrected chi connectivity index (χ1v) is 17.9. The van der Waals surface area contributed by atoms with Crippen LogP contribution in [0.1, 0.15) is 64.3 Å². The Hall–Kier alpha value is -5.46. The molecule has 0 aromatic heterocycles. The fourth-order valence-electron chi connectivity index (χ4n) is 9.97. The molecular formula is C49H36. The summed E-state index contributed by atoms with van der Waals surface area (Å²) in [7, 11) is 0. The molecule has 0 radical (unpaired) electrons. The predicted molar refractivity (Wildman–Crippen MR) is 207 cm³/mol. The van der Waals surface area contributed by atoms with E-state index in [1.54, 1.807) is 0 Å². The van der Waals surface area contributed by atoms with Crippen LogP contribution in [0.4, 0.5) is 0 Å². The minimum Gasteiger partial charge on any atom is -0.0754 e. The van der Waals surface area contributed by atoms with Gasteiger partial charge in [-0.15, -0.1) is 0 Å². The maximum absolute atomic E-state index is 2.49.